The molecule has 1 saturated heterocycles. The number of carbonyl (C=O) groups is 1. The number of halogens is 3. The van der Waals surface area contributed by atoms with Gasteiger partial charge in [-0.05, 0) is 44.1 Å². The second-order valence-corrected chi connectivity index (χ2v) is 5.97. The average Bonchev–Trinajstić information content (AvgIpc) is 3.09. The van der Waals surface area contributed by atoms with Crippen LogP contribution < -0.4 is 10.6 Å². The van der Waals surface area contributed by atoms with Gasteiger partial charge in [0.15, 0.2) is 0 Å². The summed E-state index contributed by atoms with van der Waals surface area (Å²) in [5.74, 6) is -0.368. The molecule has 1 fully saturated rings. The predicted octanol–water partition coefficient (Wildman–Crippen LogP) is 3.27. The standard InChI is InChI=1S/C17H18F3N5O/c18-17(19,20)14-7-8-21-16(24-14)23-13-6-2-1-5-12(13)22-15(26)11-25-9-3-4-10-25/h1-2,5-8H,3-4,9-11H2,(H,22,26)(H,21,23,24). The molecule has 1 aliphatic heterocycles. The number of alkyl halides is 3. The van der Waals surface area contributed by atoms with Crippen molar-refractivity contribution >= 4 is 23.2 Å². The fourth-order valence-corrected chi connectivity index (χ4v) is 2.73. The number of nitrogens with zero attached hydrogens (tertiary/aromatic N) is 3. The van der Waals surface area contributed by atoms with E-state index in [0.29, 0.717) is 11.4 Å². The van der Waals surface area contributed by atoms with Gasteiger partial charge in [0.25, 0.3) is 0 Å². The molecule has 0 atom stereocenters. The maximum Gasteiger partial charge on any atom is 0.433 e. The third-order valence-corrected chi connectivity index (χ3v) is 3.96. The molecule has 1 aliphatic rings. The number of para-hydroxylation sites is 2. The van der Waals surface area contributed by atoms with Gasteiger partial charge in [-0.1, -0.05) is 12.1 Å². The van der Waals surface area contributed by atoms with E-state index in [4.69, 9.17) is 0 Å². The summed E-state index contributed by atoms with van der Waals surface area (Å²) in [7, 11) is 0. The Morgan fingerprint density at radius 2 is 1.81 bits per heavy atom. The van der Waals surface area contributed by atoms with Gasteiger partial charge in [0.1, 0.15) is 5.69 Å². The van der Waals surface area contributed by atoms with Gasteiger partial charge in [-0.3, -0.25) is 9.69 Å². The largest absolute Gasteiger partial charge is 0.433 e. The number of rotatable bonds is 5. The first kappa shape index (κ1) is 18.1. The molecule has 2 N–H and O–H groups in total. The van der Waals surface area contributed by atoms with Gasteiger partial charge in [0, 0.05) is 6.20 Å². The van der Waals surface area contributed by atoms with Crippen molar-refractivity contribution in [2.75, 3.05) is 30.3 Å². The van der Waals surface area contributed by atoms with Gasteiger partial charge in [-0.25, -0.2) is 9.97 Å². The summed E-state index contributed by atoms with van der Waals surface area (Å²) in [6.45, 7) is 2.07. The number of hydrogen-bond acceptors (Lipinski definition) is 5. The maximum absolute atomic E-state index is 12.8. The molecule has 0 radical (unpaired) electrons. The number of amides is 1. The lowest BCUT2D eigenvalue weighted by atomic mass is 10.2. The van der Waals surface area contributed by atoms with Crippen LogP contribution in [0.4, 0.5) is 30.5 Å². The van der Waals surface area contributed by atoms with Gasteiger partial charge in [-0.2, -0.15) is 13.2 Å². The molecular weight excluding hydrogens is 347 g/mol. The molecule has 0 aliphatic carbocycles. The van der Waals surface area contributed by atoms with Crippen LogP contribution in [0.25, 0.3) is 0 Å². The van der Waals surface area contributed by atoms with Crippen LogP contribution in [-0.4, -0.2) is 40.4 Å². The minimum Gasteiger partial charge on any atom is -0.323 e. The van der Waals surface area contributed by atoms with Crippen LogP contribution in [0.3, 0.4) is 0 Å². The lowest BCUT2D eigenvalue weighted by Gasteiger charge is -2.16. The summed E-state index contributed by atoms with van der Waals surface area (Å²) >= 11 is 0. The van der Waals surface area contributed by atoms with E-state index in [1.54, 1.807) is 24.3 Å². The van der Waals surface area contributed by atoms with E-state index >= 15 is 0 Å². The topological polar surface area (TPSA) is 70.2 Å². The zero-order valence-electron chi connectivity index (χ0n) is 13.9. The molecule has 0 saturated carbocycles. The minimum atomic E-state index is -4.55. The van der Waals surface area contributed by atoms with Crippen molar-refractivity contribution in [3.63, 3.8) is 0 Å². The highest BCUT2D eigenvalue weighted by Gasteiger charge is 2.32. The Hall–Kier alpha value is -2.68. The third kappa shape index (κ3) is 4.69. The van der Waals surface area contributed by atoms with E-state index in [9.17, 15) is 18.0 Å². The Morgan fingerprint density at radius 3 is 2.50 bits per heavy atom. The fourth-order valence-electron chi connectivity index (χ4n) is 2.73. The molecule has 9 heteroatoms. The van der Waals surface area contributed by atoms with Gasteiger partial charge >= 0.3 is 6.18 Å². The quantitative estimate of drug-likeness (QED) is 0.851. The summed E-state index contributed by atoms with van der Waals surface area (Å²) in [6.07, 6.45) is -1.35. The highest BCUT2D eigenvalue weighted by atomic mass is 19.4. The van der Waals surface area contributed by atoms with E-state index < -0.39 is 11.9 Å². The molecule has 6 nitrogen and oxygen atoms in total. The van der Waals surface area contributed by atoms with Crippen molar-refractivity contribution in [3.05, 3.63) is 42.2 Å². The molecule has 0 unspecified atom stereocenters. The van der Waals surface area contributed by atoms with E-state index in [0.717, 1.165) is 38.2 Å². The van der Waals surface area contributed by atoms with Crippen LogP contribution in [0, 0.1) is 0 Å². The highest BCUT2D eigenvalue weighted by Crippen LogP contribution is 2.29. The normalized spacial score (nSPS) is 15.0. The number of hydrogen-bond donors (Lipinski definition) is 2. The summed E-state index contributed by atoms with van der Waals surface area (Å²) in [4.78, 5) is 21.5. The molecule has 2 heterocycles. The predicted molar refractivity (Wildman–Crippen MR) is 91.1 cm³/mol. The van der Waals surface area contributed by atoms with Crippen molar-refractivity contribution in [1.29, 1.82) is 0 Å². The second kappa shape index (κ2) is 7.69. The second-order valence-electron chi connectivity index (χ2n) is 5.97. The van der Waals surface area contributed by atoms with Gasteiger partial charge in [0.2, 0.25) is 11.9 Å². The average molecular weight is 365 g/mol. The Labute approximate surface area is 148 Å². The zero-order valence-corrected chi connectivity index (χ0v) is 13.9. The molecular formula is C17H18F3N5O. The lowest BCUT2D eigenvalue weighted by molar-refractivity contribution is -0.141. The molecule has 1 aromatic carbocycles. The summed E-state index contributed by atoms with van der Waals surface area (Å²) in [5, 5.41) is 5.52. The van der Waals surface area contributed by atoms with E-state index in [2.05, 4.69) is 25.5 Å². The molecule has 1 aromatic heterocycles. The summed E-state index contributed by atoms with van der Waals surface area (Å²) < 4.78 is 38.3. The molecule has 1 amide bonds. The number of likely N-dealkylation sites (tertiary alicyclic amines) is 1. The van der Waals surface area contributed by atoms with Crippen molar-refractivity contribution < 1.29 is 18.0 Å². The van der Waals surface area contributed by atoms with Crippen molar-refractivity contribution in [2.24, 2.45) is 0 Å². The van der Waals surface area contributed by atoms with Crippen LogP contribution in [0.5, 0.6) is 0 Å². The smallest absolute Gasteiger partial charge is 0.323 e. The lowest BCUT2D eigenvalue weighted by Crippen LogP contribution is -2.31. The van der Waals surface area contributed by atoms with E-state index in [1.807, 2.05) is 0 Å². The monoisotopic (exact) mass is 365 g/mol. The number of anilines is 3. The molecule has 0 spiro atoms. The Kier molecular flexibility index (Phi) is 5.36. The fraction of sp³-hybridized carbons (Fsp3) is 0.353. The molecule has 3 rings (SSSR count). The first-order chi connectivity index (χ1) is 12.4. The molecule has 138 valence electrons. The first-order valence-electron chi connectivity index (χ1n) is 8.20. The summed E-state index contributed by atoms with van der Waals surface area (Å²) in [6, 6.07) is 7.53. The van der Waals surface area contributed by atoms with Crippen molar-refractivity contribution in [1.82, 2.24) is 14.9 Å². The van der Waals surface area contributed by atoms with Crippen LogP contribution in [-0.2, 0) is 11.0 Å². The van der Waals surface area contributed by atoms with Crippen molar-refractivity contribution in [2.45, 2.75) is 19.0 Å². The molecule has 26 heavy (non-hydrogen) atoms. The molecule has 0 bridgehead atoms. The van der Waals surface area contributed by atoms with Crippen LogP contribution in [0.1, 0.15) is 18.5 Å². The zero-order chi connectivity index (χ0) is 18.6. The van der Waals surface area contributed by atoms with Crippen LogP contribution in [0.2, 0.25) is 0 Å². The first-order valence-corrected chi connectivity index (χ1v) is 8.20. The maximum atomic E-state index is 12.8. The Morgan fingerprint density at radius 1 is 1.12 bits per heavy atom. The number of aromatic nitrogens is 2. The van der Waals surface area contributed by atoms with Gasteiger partial charge in [-0.15, -0.1) is 0 Å². The van der Waals surface area contributed by atoms with Gasteiger partial charge in [0.05, 0.1) is 17.9 Å². The van der Waals surface area contributed by atoms with Gasteiger partial charge < -0.3 is 10.6 Å². The highest BCUT2D eigenvalue weighted by molar-refractivity contribution is 5.95. The number of benzene rings is 1. The Bertz CT molecular complexity index is 775. The Balaban J connectivity index is 1.72. The van der Waals surface area contributed by atoms with Crippen LogP contribution >= 0.6 is 0 Å². The summed E-state index contributed by atoms with van der Waals surface area (Å²) in [5.41, 5.74) is -0.162. The SMILES string of the molecule is O=C(CN1CCCC1)Nc1ccccc1Nc1nccc(C(F)(F)F)n1. The third-order valence-electron chi connectivity index (χ3n) is 3.96. The van der Waals surface area contributed by atoms with E-state index in [1.165, 1.54) is 0 Å². The minimum absolute atomic E-state index is 0.175. The van der Waals surface area contributed by atoms with E-state index in [-0.39, 0.29) is 18.4 Å². The number of carbonyl (C=O) groups excluding carboxylic acids is 1. The molecule has 2 aromatic rings. The van der Waals surface area contributed by atoms with Crippen molar-refractivity contribution in [3.8, 4) is 0 Å². The number of nitrogens with one attached hydrogen (secondary N) is 2. The van der Waals surface area contributed by atoms with Crippen LogP contribution in [0.15, 0.2) is 36.5 Å².